The normalized spacial score (nSPS) is 11.3. The summed E-state index contributed by atoms with van der Waals surface area (Å²) in [5, 5.41) is 16.9. The van der Waals surface area contributed by atoms with E-state index in [-0.39, 0.29) is 16.4 Å². The number of aromatic nitrogens is 2. The molecule has 2 N–H and O–H groups in total. The number of hydrogen-bond donors (Lipinski definition) is 2. The van der Waals surface area contributed by atoms with Gasteiger partial charge in [-0.25, -0.2) is 8.42 Å². The Morgan fingerprint density at radius 2 is 1.95 bits per heavy atom. The Bertz CT molecular complexity index is 738. The zero-order chi connectivity index (χ0) is 15.5. The minimum absolute atomic E-state index is 0.00834. The Hall–Kier alpha value is -2.00. The molecule has 0 bridgehead atoms. The third-order valence-corrected chi connectivity index (χ3v) is 4.85. The quantitative estimate of drug-likeness (QED) is 0.835. The minimum Gasteiger partial charge on any atom is -0.481 e. The molecule has 112 valence electrons. The SMILES string of the molecule is Cc1nnc(NS(=O)(=O)c2ccc(CCC(=O)O)cc2)s1. The molecule has 1 aromatic heterocycles. The third kappa shape index (κ3) is 4.23. The maximum Gasteiger partial charge on any atom is 0.303 e. The molecule has 2 aromatic rings. The standard InChI is InChI=1S/C12H13N3O4S2/c1-8-13-14-12(20-8)15-21(18,19)10-5-2-9(3-6-10)4-7-11(16)17/h2-3,5-6H,4,7H2,1H3,(H,14,15)(H,16,17). The molecule has 0 saturated carbocycles. The van der Waals surface area contributed by atoms with Crippen molar-refractivity contribution in [2.45, 2.75) is 24.7 Å². The van der Waals surface area contributed by atoms with Crippen LogP contribution in [0.4, 0.5) is 5.13 Å². The molecule has 0 fully saturated rings. The van der Waals surface area contributed by atoms with Crippen molar-refractivity contribution in [2.24, 2.45) is 0 Å². The molecule has 0 spiro atoms. The van der Waals surface area contributed by atoms with Crippen LogP contribution in [0.5, 0.6) is 0 Å². The smallest absolute Gasteiger partial charge is 0.303 e. The van der Waals surface area contributed by atoms with Crippen molar-refractivity contribution >= 4 is 32.5 Å². The van der Waals surface area contributed by atoms with Crippen molar-refractivity contribution in [3.05, 3.63) is 34.8 Å². The van der Waals surface area contributed by atoms with Crippen molar-refractivity contribution in [1.29, 1.82) is 0 Å². The first-order chi connectivity index (χ1) is 9.87. The third-order valence-electron chi connectivity index (χ3n) is 2.61. The number of nitrogens with zero attached hydrogens (tertiary/aromatic N) is 2. The number of carboxylic acid groups (broad SMARTS) is 1. The van der Waals surface area contributed by atoms with E-state index >= 15 is 0 Å². The van der Waals surface area contributed by atoms with E-state index in [9.17, 15) is 13.2 Å². The average Bonchev–Trinajstić information content (AvgIpc) is 2.81. The first-order valence-electron chi connectivity index (χ1n) is 6.00. The lowest BCUT2D eigenvalue weighted by atomic mass is 10.1. The molecule has 21 heavy (non-hydrogen) atoms. The van der Waals surface area contributed by atoms with E-state index in [1.165, 1.54) is 12.1 Å². The van der Waals surface area contributed by atoms with Crippen molar-refractivity contribution in [2.75, 3.05) is 4.72 Å². The summed E-state index contributed by atoms with van der Waals surface area (Å²) < 4.78 is 26.6. The van der Waals surface area contributed by atoms with Crippen LogP contribution >= 0.6 is 11.3 Å². The molecule has 0 amide bonds. The molecule has 1 aromatic carbocycles. The topological polar surface area (TPSA) is 109 Å². The summed E-state index contributed by atoms with van der Waals surface area (Å²) >= 11 is 1.15. The van der Waals surface area contributed by atoms with Crippen molar-refractivity contribution < 1.29 is 18.3 Å². The number of aryl methyl sites for hydroxylation is 2. The number of hydrogen-bond acceptors (Lipinski definition) is 6. The van der Waals surface area contributed by atoms with Gasteiger partial charge in [0.1, 0.15) is 5.01 Å². The fraction of sp³-hybridized carbons (Fsp3) is 0.250. The molecule has 0 aliphatic carbocycles. The molecule has 0 radical (unpaired) electrons. The van der Waals surface area contributed by atoms with Gasteiger partial charge in [0.25, 0.3) is 10.0 Å². The van der Waals surface area contributed by atoms with Crippen LogP contribution in [-0.4, -0.2) is 29.7 Å². The lowest BCUT2D eigenvalue weighted by Crippen LogP contribution is -2.12. The van der Waals surface area contributed by atoms with Gasteiger partial charge < -0.3 is 5.11 Å². The summed E-state index contributed by atoms with van der Waals surface area (Å²) in [6.07, 6.45) is 0.368. The Balaban J connectivity index is 2.11. The number of aliphatic carboxylic acids is 1. The Labute approximate surface area is 125 Å². The lowest BCUT2D eigenvalue weighted by Gasteiger charge is -2.05. The van der Waals surface area contributed by atoms with E-state index in [4.69, 9.17) is 5.11 Å². The number of carbonyl (C=O) groups is 1. The van der Waals surface area contributed by atoms with Gasteiger partial charge in [-0.15, -0.1) is 10.2 Å². The van der Waals surface area contributed by atoms with E-state index in [1.807, 2.05) is 0 Å². The summed E-state index contributed by atoms with van der Waals surface area (Å²) in [5.41, 5.74) is 0.767. The molecule has 0 unspecified atom stereocenters. The Morgan fingerprint density at radius 1 is 1.29 bits per heavy atom. The number of sulfonamides is 1. The Morgan fingerprint density at radius 3 is 2.48 bits per heavy atom. The van der Waals surface area contributed by atoms with Crippen LogP contribution in [0.1, 0.15) is 17.0 Å². The van der Waals surface area contributed by atoms with Gasteiger partial charge in [-0.2, -0.15) is 0 Å². The van der Waals surface area contributed by atoms with Gasteiger partial charge in [-0.1, -0.05) is 23.5 Å². The first-order valence-corrected chi connectivity index (χ1v) is 8.30. The fourth-order valence-corrected chi connectivity index (χ4v) is 3.42. The van der Waals surface area contributed by atoms with Crippen LogP contribution in [0.15, 0.2) is 29.2 Å². The summed E-state index contributed by atoms with van der Waals surface area (Å²) in [7, 11) is -3.71. The predicted molar refractivity (Wildman–Crippen MR) is 77.9 cm³/mol. The van der Waals surface area contributed by atoms with Crippen LogP contribution in [0.2, 0.25) is 0 Å². The second-order valence-corrected chi connectivity index (χ2v) is 7.13. The summed E-state index contributed by atoms with van der Waals surface area (Å²) in [6, 6.07) is 6.08. The summed E-state index contributed by atoms with van der Waals surface area (Å²) in [4.78, 5) is 10.6. The maximum atomic E-state index is 12.1. The molecule has 0 saturated heterocycles. The van der Waals surface area contributed by atoms with Gasteiger partial charge in [0.05, 0.1) is 4.90 Å². The highest BCUT2D eigenvalue weighted by molar-refractivity contribution is 7.93. The molecular formula is C12H13N3O4S2. The summed E-state index contributed by atoms with van der Waals surface area (Å²) in [6.45, 7) is 1.73. The fourth-order valence-electron chi connectivity index (χ4n) is 1.60. The maximum absolute atomic E-state index is 12.1. The van der Waals surface area contributed by atoms with E-state index in [0.717, 1.165) is 16.9 Å². The monoisotopic (exact) mass is 327 g/mol. The van der Waals surface area contributed by atoms with Gasteiger partial charge in [0.2, 0.25) is 5.13 Å². The number of rotatable bonds is 6. The highest BCUT2D eigenvalue weighted by Gasteiger charge is 2.16. The van der Waals surface area contributed by atoms with Gasteiger partial charge in [0.15, 0.2) is 0 Å². The average molecular weight is 327 g/mol. The first kappa shape index (κ1) is 15.4. The molecule has 0 atom stereocenters. The van der Waals surface area contributed by atoms with E-state index < -0.39 is 16.0 Å². The number of carboxylic acids is 1. The van der Waals surface area contributed by atoms with E-state index in [1.54, 1.807) is 19.1 Å². The Kier molecular flexibility index (Phi) is 4.53. The molecule has 0 aliphatic rings. The zero-order valence-electron chi connectivity index (χ0n) is 11.1. The van der Waals surface area contributed by atoms with E-state index in [2.05, 4.69) is 14.9 Å². The number of benzene rings is 1. The van der Waals surface area contributed by atoms with Crippen LogP contribution in [0, 0.1) is 6.92 Å². The predicted octanol–water partition coefficient (Wildman–Crippen LogP) is 1.66. The molecule has 0 aliphatic heterocycles. The molecule has 2 rings (SSSR count). The van der Waals surface area contributed by atoms with E-state index in [0.29, 0.717) is 11.4 Å². The van der Waals surface area contributed by atoms with Crippen molar-refractivity contribution in [3.63, 3.8) is 0 Å². The minimum atomic E-state index is -3.71. The second-order valence-electron chi connectivity index (χ2n) is 4.27. The number of anilines is 1. The number of nitrogens with one attached hydrogen (secondary N) is 1. The van der Waals surface area contributed by atoms with Gasteiger partial charge in [-0.05, 0) is 31.0 Å². The molecule has 9 heteroatoms. The highest BCUT2D eigenvalue weighted by atomic mass is 32.2. The van der Waals surface area contributed by atoms with Crippen LogP contribution in [-0.2, 0) is 21.2 Å². The van der Waals surface area contributed by atoms with Crippen LogP contribution < -0.4 is 4.72 Å². The lowest BCUT2D eigenvalue weighted by molar-refractivity contribution is -0.136. The summed E-state index contributed by atoms with van der Waals surface area (Å²) in [5.74, 6) is -0.889. The van der Waals surface area contributed by atoms with Crippen molar-refractivity contribution in [1.82, 2.24) is 10.2 Å². The van der Waals surface area contributed by atoms with Crippen molar-refractivity contribution in [3.8, 4) is 0 Å². The molecular weight excluding hydrogens is 314 g/mol. The molecule has 7 nitrogen and oxygen atoms in total. The molecule has 1 heterocycles. The zero-order valence-corrected chi connectivity index (χ0v) is 12.7. The van der Waals surface area contributed by atoms with Crippen LogP contribution in [0.3, 0.4) is 0 Å². The van der Waals surface area contributed by atoms with Gasteiger partial charge in [-0.3, -0.25) is 9.52 Å². The highest BCUT2D eigenvalue weighted by Crippen LogP contribution is 2.19. The van der Waals surface area contributed by atoms with Gasteiger partial charge in [0, 0.05) is 6.42 Å². The van der Waals surface area contributed by atoms with Gasteiger partial charge >= 0.3 is 5.97 Å². The van der Waals surface area contributed by atoms with Crippen LogP contribution in [0.25, 0.3) is 0 Å². The largest absolute Gasteiger partial charge is 0.481 e. The second kappa shape index (κ2) is 6.19.